The van der Waals surface area contributed by atoms with E-state index in [0.717, 1.165) is 0 Å². The van der Waals surface area contributed by atoms with Gasteiger partial charge in [0.1, 0.15) is 11.4 Å². The van der Waals surface area contributed by atoms with E-state index >= 15 is 0 Å². The number of nitrogen functional groups attached to an aromatic ring is 1. The lowest BCUT2D eigenvalue weighted by Gasteiger charge is -1.93. The van der Waals surface area contributed by atoms with Gasteiger partial charge in [0.2, 0.25) is 5.76 Å². The zero-order chi connectivity index (χ0) is 8.39. The summed E-state index contributed by atoms with van der Waals surface area (Å²) in [4.78, 5) is 4.07. The molecule has 2 rings (SSSR count). The topological polar surface area (TPSA) is 64.9 Å². The molecule has 0 radical (unpaired) electrons. The maximum absolute atomic E-state index is 5.58. The van der Waals surface area contributed by atoms with Crippen LogP contribution in [0.2, 0.25) is 0 Å². The van der Waals surface area contributed by atoms with Gasteiger partial charge in [-0.1, -0.05) is 11.2 Å². The summed E-state index contributed by atoms with van der Waals surface area (Å²) in [6, 6.07) is 5.51. The van der Waals surface area contributed by atoms with Gasteiger partial charge in [-0.2, -0.15) is 0 Å². The van der Waals surface area contributed by atoms with Crippen LogP contribution in [0.1, 0.15) is 0 Å². The Kier molecular flexibility index (Phi) is 1.51. The van der Waals surface area contributed by atoms with Gasteiger partial charge in [-0.25, -0.2) is 0 Å². The normalized spacial score (nSPS) is 10.0. The number of anilines is 1. The van der Waals surface area contributed by atoms with E-state index in [1.807, 2.05) is 18.2 Å². The Labute approximate surface area is 69.0 Å². The molecule has 0 saturated carbocycles. The van der Waals surface area contributed by atoms with Gasteiger partial charge in [0.25, 0.3) is 0 Å². The van der Waals surface area contributed by atoms with Crippen LogP contribution in [0, 0.1) is 0 Å². The second kappa shape index (κ2) is 2.65. The van der Waals surface area contributed by atoms with Crippen LogP contribution in [0.25, 0.3) is 11.5 Å². The van der Waals surface area contributed by atoms with Gasteiger partial charge in [0, 0.05) is 6.20 Å². The number of hydrogen-bond donors (Lipinski definition) is 1. The van der Waals surface area contributed by atoms with Crippen molar-refractivity contribution in [1.29, 1.82) is 0 Å². The number of pyridine rings is 1. The third-order valence-corrected chi connectivity index (χ3v) is 1.50. The van der Waals surface area contributed by atoms with E-state index in [4.69, 9.17) is 10.3 Å². The predicted molar refractivity (Wildman–Crippen MR) is 44.1 cm³/mol. The molecule has 2 heterocycles. The average molecular weight is 161 g/mol. The van der Waals surface area contributed by atoms with Crippen molar-refractivity contribution in [2.75, 3.05) is 5.73 Å². The summed E-state index contributed by atoms with van der Waals surface area (Å²) >= 11 is 0. The highest BCUT2D eigenvalue weighted by Gasteiger charge is 2.07. The smallest absolute Gasteiger partial charge is 0.208 e. The van der Waals surface area contributed by atoms with E-state index in [-0.39, 0.29) is 0 Å². The summed E-state index contributed by atoms with van der Waals surface area (Å²) in [6.45, 7) is 0. The van der Waals surface area contributed by atoms with E-state index in [9.17, 15) is 0 Å². The summed E-state index contributed by atoms with van der Waals surface area (Å²) in [5.74, 6) is 0.524. The summed E-state index contributed by atoms with van der Waals surface area (Å²) in [6.07, 6.45) is 3.14. The molecule has 0 amide bonds. The molecule has 0 spiro atoms. The van der Waals surface area contributed by atoms with Crippen LogP contribution < -0.4 is 5.73 Å². The number of nitrogens with zero attached hydrogens (tertiary/aromatic N) is 2. The summed E-state index contributed by atoms with van der Waals surface area (Å²) in [7, 11) is 0. The van der Waals surface area contributed by atoms with Gasteiger partial charge in [-0.05, 0) is 12.1 Å². The van der Waals surface area contributed by atoms with Gasteiger partial charge >= 0.3 is 0 Å². The number of nitrogens with two attached hydrogens (primary N) is 1. The number of hydrogen-bond acceptors (Lipinski definition) is 4. The monoisotopic (exact) mass is 161 g/mol. The Morgan fingerprint density at radius 1 is 1.33 bits per heavy atom. The molecule has 4 heteroatoms. The van der Waals surface area contributed by atoms with Crippen LogP contribution in [-0.4, -0.2) is 10.1 Å². The van der Waals surface area contributed by atoms with Crippen molar-refractivity contribution in [3.05, 3.63) is 30.6 Å². The van der Waals surface area contributed by atoms with Gasteiger partial charge in [0.15, 0.2) is 0 Å². The zero-order valence-corrected chi connectivity index (χ0v) is 6.27. The molecule has 0 atom stereocenters. The zero-order valence-electron chi connectivity index (χ0n) is 6.27. The van der Waals surface area contributed by atoms with Gasteiger partial charge < -0.3 is 10.3 Å². The first-order valence-electron chi connectivity index (χ1n) is 3.49. The first kappa shape index (κ1) is 6.84. The maximum atomic E-state index is 5.58. The van der Waals surface area contributed by atoms with Crippen LogP contribution in [0.4, 0.5) is 5.69 Å². The molecule has 2 aromatic rings. The molecular weight excluding hydrogens is 154 g/mol. The highest BCUT2D eigenvalue weighted by Crippen LogP contribution is 2.22. The lowest BCUT2D eigenvalue weighted by Crippen LogP contribution is -1.86. The Balaban J connectivity index is 2.51. The molecule has 0 saturated heterocycles. The minimum Gasteiger partial charge on any atom is -0.394 e. The third-order valence-electron chi connectivity index (χ3n) is 1.50. The fraction of sp³-hybridized carbons (Fsp3) is 0. The molecule has 2 aromatic heterocycles. The van der Waals surface area contributed by atoms with E-state index < -0.39 is 0 Å². The number of aromatic nitrogens is 2. The van der Waals surface area contributed by atoms with Crippen LogP contribution in [0.3, 0.4) is 0 Å². The van der Waals surface area contributed by atoms with Crippen LogP contribution >= 0.6 is 0 Å². The van der Waals surface area contributed by atoms with Gasteiger partial charge in [-0.3, -0.25) is 4.98 Å². The summed E-state index contributed by atoms with van der Waals surface area (Å²) < 4.78 is 4.91. The Bertz CT molecular complexity index is 369. The lowest BCUT2D eigenvalue weighted by molar-refractivity contribution is 0.431. The van der Waals surface area contributed by atoms with E-state index in [0.29, 0.717) is 17.1 Å². The minimum atomic E-state index is 0.508. The average Bonchev–Trinajstić information content (AvgIpc) is 2.53. The van der Waals surface area contributed by atoms with E-state index in [2.05, 4.69) is 10.1 Å². The van der Waals surface area contributed by atoms with Crippen molar-refractivity contribution in [3.63, 3.8) is 0 Å². The molecule has 0 aliphatic heterocycles. The molecule has 0 bridgehead atoms. The van der Waals surface area contributed by atoms with Crippen molar-refractivity contribution < 1.29 is 4.52 Å². The second-order valence-electron chi connectivity index (χ2n) is 2.33. The molecule has 2 N–H and O–H groups in total. The van der Waals surface area contributed by atoms with Crippen molar-refractivity contribution in [3.8, 4) is 11.5 Å². The van der Waals surface area contributed by atoms with E-state index in [1.165, 1.54) is 6.20 Å². The second-order valence-corrected chi connectivity index (χ2v) is 2.33. The Morgan fingerprint density at radius 2 is 2.25 bits per heavy atom. The predicted octanol–water partition coefficient (Wildman–Crippen LogP) is 1.32. The molecule has 0 aliphatic rings. The van der Waals surface area contributed by atoms with Crippen LogP contribution in [0.5, 0.6) is 0 Å². The summed E-state index contributed by atoms with van der Waals surface area (Å²) in [5, 5.41) is 3.56. The highest BCUT2D eigenvalue weighted by atomic mass is 16.5. The Hall–Kier alpha value is -1.84. The van der Waals surface area contributed by atoms with Crippen LogP contribution in [0.15, 0.2) is 35.1 Å². The SMILES string of the molecule is Nc1cnoc1-c1ccccn1. The standard InChI is InChI=1S/C8H7N3O/c9-6-5-11-12-8(6)7-3-1-2-4-10-7/h1-5H,9H2. The van der Waals surface area contributed by atoms with Crippen molar-refractivity contribution in [1.82, 2.24) is 10.1 Å². The molecule has 12 heavy (non-hydrogen) atoms. The molecular formula is C8H7N3O. The number of rotatable bonds is 1. The molecule has 0 fully saturated rings. The van der Waals surface area contributed by atoms with Crippen molar-refractivity contribution in [2.24, 2.45) is 0 Å². The highest BCUT2D eigenvalue weighted by molar-refractivity contribution is 5.66. The van der Waals surface area contributed by atoms with Crippen LogP contribution in [-0.2, 0) is 0 Å². The molecule has 60 valence electrons. The first-order valence-corrected chi connectivity index (χ1v) is 3.49. The maximum Gasteiger partial charge on any atom is 0.208 e. The van der Waals surface area contributed by atoms with E-state index in [1.54, 1.807) is 6.20 Å². The van der Waals surface area contributed by atoms with Gasteiger partial charge in [0.05, 0.1) is 6.20 Å². The third kappa shape index (κ3) is 1.03. The molecule has 0 unspecified atom stereocenters. The largest absolute Gasteiger partial charge is 0.394 e. The quantitative estimate of drug-likeness (QED) is 0.685. The first-order chi connectivity index (χ1) is 5.88. The molecule has 0 aromatic carbocycles. The van der Waals surface area contributed by atoms with Crippen molar-refractivity contribution in [2.45, 2.75) is 0 Å². The van der Waals surface area contributed by atoms with Gasteiger partial charge in [-0.15, -0.1) is 0 Å². The minimum absolute atomic E-state index is 0.508. The summed E-state index contributed by atoms with van der Waals surface area (Å²) in [5.41, 5.74) is 6.79. The van der Waals surface area contributed by atoms with Crippen molar-refractivity contribution >= 4 is 5.69 Å². The Morgan fingerprint density at radius 3 is 2.83 bits per heavy atom. The fourth-order valence-electron chi connectivity index (χ4n) is 0.939. The molecule has 4 nitrogen and oxygen atoms in total. The molecule has 0 aliphatic carbocycles. The lowest BCUT2D eigenvalue weighted by atomic mass is 10.3. The fourth-order valence-corrected chi connectivity index (χ4v) is 0.939.